The van der Waals surface area contributed by atoms with Gasteiger partial charge >= 0.3 is 6.09 Å². The highest BCUT2D eigenvalue weighted by molar-refractivity contribution is 5.74. The van der Waals surface area contributed by atoms with Gasteiger partial charge in [-0.15, -0.1) is 0 Å². The molecule has 0 aliphatic carbocycles. The quantitative estimate of drug-likeness (QED) is 0.657. The van der Waals surface area contributed by atoms with Crippen molar-refractivity contribution >= 4 is 18.1 Å². The lowest BCUT2D eigenvalue weighted by Crippen LogP contribution is -2.49. The second-order valence-electron chi connectivity index (χ2n) is 8.18. The van der Waals surface area contributed by atoms with Gasteiger partial charge < -0.3 is 20.1 Å². The van der Waals surface area contributed by atoms with Crippen molar-refractivity contribution in [2.24, 2.45) is 0 Å². The van der Waals surface area contributed by atoms with Gasteiger partial charge in [-0.05, 0) is 83.1 Å². The lowest BCUT2D eigenvalue weighted by atomic mass is 10.1. The van der Waals surface area contributed by atoms with Gasteiger partial charge in [0.15, 0.2) is 0 Å². The third-order valence-corrected chi connectivity index (χ3v) is 3.68. The zero-order valence-corrected chi connectivity index (χ0v) is 17.0. The number of rotatable bonds is 7. The van der Waals surface area contributed by atoms with E-state index < -0.39 is 17.2 Å². The molecule has 0 aromatic heterocycles. The molecule has 6 heteroatoms. The van der Waals surface area contributed by atoms with Crippen molar-refractivity contribution in [3.05, 3.63) is 54.1 Å². The predicted octanol–water partition coefficient (Wildman–Crippen LogP) is 5.01. The lowest BCUT2D eigenvalue weighted by Gasteiger charge is -2.29. The van der Waals surface area contributed by atoms with E-state index in [4.69, 9.17) is 9.47 Å². The van der Waals surface area contributed by atoms with Crippen LogP contribution in [0.25, 0.3) is 0 Å². The molecule has 150 valence electrons. The minimum absolute atomic E-state index is 0.441. The minimum Gasteiger partial charge on any atom is -0.457 e. The van der Waals surface area contributed by atoms with E-state index in [9.17, 15) is 9.59 Å². The van der Waals surface area contributed by atoms with Gasteiger partial charge in [-0.1, -0.05) is 0 Å². The largest absolute Gasteiger partial charge is 0.457 e. The maximum atomic E-state index is 11.9. The second-order valence-corrected chi connectivity index (χ2v) is 8.18. The summed E-state index contributed by atoms with van der Waals surface area (Å²) in [4.78, 5) is 22.6. The van der Waals surface area contributed by atoms with Gasteiger partial charge in [-0.25, -0.2) is 4.79 Å². The summed E-state index contributed by atoms with van der Waals surface area (Å²) < 4.78 is 11.1. The second kappa shape index (κ2) is 8.78. The van der Waals surface area contributed by atoms with E-state index in [1.807, 2.05) is 58.9 Å². The first-order chi connectivity index (χ1) is 13.1. The molecule has 1 amide bonds. The Hall–Kier alpha value is -3.02. The molecular weight excluding hydrogens is 356 g/mol. The molecule has 0 radical (unpaired) electrons. The van der Waals surface area contributed by atoms with Crippen LogP contribution < -0.4 is 15.4 Å². The number of amides is 1. The van der Waals surface area contributed by atoms with Crippen molar-refractivity contribution in [3.8, 4) is 11.5 Å². The number of benzene rings is 2. The predicted molar refractivity (Wildman–Crippen MR) is 110 cm³/mol. The van der Waals surface area contributed by atoms with Crippen molar-refractivity contribution in [3.63, 3.8) is 0 Å². The standard InChI is InChI=1S/C22H28N2O4/c1-21(2,3)28-20(26)24-22(4,5)15-23-17-8-12-19(13-9-17)27-18-10-6-16(14-25)7-11-18/h6-14,23H,15H2,1-5H3,(H,24,26). The van der Waals surface area contributed by atoms with Crippen LogP contribution in [0, 0.1) is 0 Å². The maximum absolute atomic E-state index is 11.9. The molecule has 0 fully saturated rings. The topological polar surface area (TPSA) is 76.7 Å². The van der Waals surface area contributed by atoms with Gasteiger partial charge in [-0.3, -0.25) is 4.79 Å². The Morgan fingerprint density at radius 2 is 1.46 bits per heavy atom. The Labute approximate surface area is 166 Å². The fraction of sp³-hybridized carbons (Fsp3) is 0.364. The average molecular weight is 384 g/mol. The van der Waals surface area contributed by atoms with Crippen molar-refractivity contribution in [2.45, 2.75) is 45.8 Å². The molecule has 0 saturated heterocycles. The van der Waals surface area contributed by atoms with Crippen molar-refractivity contribution in [1.82, 2.24) is 5.32 Å². The first kappa shape index (κ1) is 21.3. The van der Waals surface area contributed by atoms with Crippen LogP contribution in [0.1, 0.15) is 45.0 Å². The molecule has 2 N–H and O–H groups in total. The molecular formula is C22H28N2O4. The van der Waals surface area contributed by atoms with Gasteiger partial charge in [0, 0.05) is 17.8 Å². The van der Waals surface area contributed by atoms with Crippen molar-refractivity contribution in [1.29, 1.82) is 0 Å². The molecule has 2 rings (SSSR count). The Kier molecular flexibility index (Phi) is 6.67. The monoisotopic (exact) mass is 384 g/mol. The highest BCUT2D eigenvalue weighted by Crippen LogP contribution is 2.23. The van der Waals surface area contributed by atoms with E-state index in [2.05, 4.69) is 10.6 Å². The first-order valence-electron chi connectivity index (χ1n) is 9.14. The summed E-state index contributed by atoms with van der Waals surface area (Å²) in [6, 6.07) is 14.4. The Morgan fingerprint density at radius 3 is 1.96 bits per heavy atom. The van der Waals surface area contributed by atoms with Gasteiger partial charge in [0.05, 0.1) is 5.54 Å². The molecule has 0 unspecified atom stereocenters. The summed E-state index contributed by atoms with van der Waals surface area (Å²) in [6.07, 6.45) is 0.354. The van der Waals surface area contributed by atoms with Crippen LogP contribution in [0.3, 0.4) is 0 Å². The summed E-state index contributed by atoms with van der Waals surface area (Å²) in [6.45, 7) is 9.86. The third kappa shape index (κ3) is 7.31. The van der Waals surface area contributed by atoms with E-state index in [1.165, 1.54) is 0 Å². The molecule has 0 heterocycles. The number of ether oxygens (including phenoxy) is 2. The van der Waals surface area contributed by atoms with Crippen LogP contribution in [0.2, 0.25) is 0 Å². The van der Waals surface area contributed by atoms with E-state index in [0.717, 1.165) is 12.0 Å². The molecule has 0 bridgehead atoms. The molecule has 2 aromatic rings. The Bertz CT molecular complexity index is 791. The average Bonchev–Trinajstić information content (AvgIpc) is 2.60. The van der Waals surface area contributed by atoms with Crippen LogP contribution in [-0.4, -0.2) is 30.1 Å². The molecule has 6 nitrogen and oxygen atoms in total. The zero-order valence-electron chi connectivity index (χ0n) is 17.0. The number of aldehydes is 1. The van der Waals surface area contributed by atoms with E-state index >= 15 is 0 Å². The maximum Gasteiger partial charge on any atom is 0.408 e. The number of carbonyl (C=O) groups is 2. The van der Waals surface area contributed by atoms with Crippen LogP contribution in [0.15, 0.2) is 48.5 Å². The number of hydrogen-bond acceptors (Lipinski definition) is 5. The highest BCUT2D eigenvalue weighted by atomic mass is 16.6. The Balaban J connectivity index is 1.87. The molecule has 0 atom stereocenters. The minimum atomic E-state index is -0.531. The van der Waals surface area contributed by atoms with Gasteiger partial charge in [0.25, 0.3) is 0 Å². The van der Waals surface area contributed by atoms with Crippen LogP contribution in [0.4, 0.5) is 10.5 Å². The lowest BCUT2D eigenvalue weighted by molar-refractivity contribution is 0.0477. The SMILES string of the molecule is CC(C)(CNc1ccc(Oc2ccc(C=O)cc2)cc1)NC(=O)OC(C)(C)C. The van der Waals surface area contributed by atoms with E-state index in [0.29, 0.717) is 23.6 Å². The summed E-state index contributed by atoms with van der Waals surface area (Å²) >= 11 is 0. The highest BCUT2D eigenvalue weighted by Gasteiger charge is 2.24. The third-order valence-electron chi connectivity index (χ3n) is 3.68. The fourth-order valence-corrected chi connectivity index (χ4v) is 2.34. The number of nitrogens with one attached hydrogen (secondary N) is 2. The summed E-state index contributed by atoms with van der Waals surface area (Å²) in [5.74, 6) is 1.35. The van der Waals surface area contributed by atoms with Gasteiger partial charge in [0.1, 0.15) is 23.4 Å². The number of carbonyl (C=O) groups excluding carboxylic acids is 2. The first-order valence-corrected chi connectivity index (χ1v) is 9.14. The normalized spacial score (nSPS) is 11.5. The van der Waals surface area contributed by atoms with Crippen molar-refractivity contribution < 1.29 is 19.1 Å². The number of alkyl carbamates (subject to hydrolysis) is 1. The molecule has 2 aromatic carbocycles. The molecule has 0 saturated carbocycles. The number of hydrogen-bond donors (Lipinski definition) is 2. The van der Waals surface area contributed by atoms with E-state index in [-0.39, 0.29) is 0 Å². The fourth-order valence-electron chi connectivity index (χ4n) is 2.34. The van der Waals surface area contributed by atoms with Gasteiger partial charge in [-0.2, -0.15) is 0 Å². The van der Waals surface area contributed by atoms with Crippen LogP contribution in [0.5, 0.6) is 11.5 Å². The Morgan fingerprint density at radius 1 is 0.929 bits per heavy atom. The number of anilines is 1. The van der Waals surface area contributed by atoms with Crippen molar-refractivity contribution in [2.75, 3.05) is 11.9 Å². The van der Waals surface area contributed by atoms with Crippen LogP contribution in [-0.2, 0) is 4.74 Å². The molecule has 28 heavy (non-hydrogen) atoms. The molecule has 0 spiro atoms. The summed E-state index contributed by atoms with van der Waals surface area (Å²) in [7, 11) is 0. The van der Waals surface area contributed by atoms with E-state index in [1.54, 1.807) is 24.3 Å². The van der Waals surface area contributed by atoms with Gasteiger partial charge in [0.2, 0.25) is 0 Å². The summed E-state index contributed by atoms with van der Waals surface area (Å²) in [5, 5.41) is 6.16. The smallest absolute Gasteiger partial charge is 0.408 e. The molecule has 0 aliphatic rings. The summed E-state index contributed by atoms with van der Waals surface area (Å²) in [5.41, 5.74) is 0.492. The van der Waals surface area contributed by atoms with Crippen LogP contribution >= 0.6 is 0 Å². The molecule has 0 aliphatic heterocycles. The zero-order chi connectivity index (χ0) is 20.8.